The van der Waals surface area contributed by atoms with Crippen LogP contribution in [0.3, 0.4) is 0 Å². The highest BCUT2D eigenvalue weighted by Crippen LogP contribution is 2.24. The fraction of sp³-hybridized carbons (Fsp3) is 0.793. The van der Waals surface area contributed by atoms with Crippen molar-refractivity contribution in [2.75, 3.05) is 6.61 Å². The standard InChI is InChI=1S/C29H51NO3/c1-6-8-9-10-11-12-13-14-15-16-17-18-19-20-21-22-27(31)29-25(4)24(3)26(30(29)5)23-28(32)33-7-2/h6-23H2,1-5H3. The summed E-state index contributed by atoms with van der Waals surface area (Å²) in [6.07, 6.45) is 20.7. The van der Waals surface area contributed by atoms with Crippen LogP contribution in [0.4, 0.5) is 0 Å². The number of carbonyl (C=O) groups excluding carboxylic acids is 2. The zero-order valence-electron chi connectivity index (χ0n) is 22.4. The largest absolute Gasteiger partial charge is 0.466 e. The van der Waals surface area contributed by atoms with E-state index in [0.717, 1.165) is 35.4 Å². The van der Waals surface area contributed by atoms with E-state index in [9.17, 15) is 9.59 Å². The van der Waals surface area contributed by atoms with E-state index in [0.29, 0.717) is 13.0 Å². The molecule has 1 rings (SSSR count). The molecule has 0 aromatic carbocycles. The topological polar surface area (TPSA) is 48.3 Å². The maximum atomic E-state index is 12.9. The lowest BCUT2D eigenvalue weighted by molar-refractivity contribution is -0.142. The molecule has 0 aliphatic carbocycles. The van der Waals surface area contributed by atoms with E-state index in [2.05, 4.69) is 6.92 Å². The molecule has 1 heterocycles. The van der Waals surface area contributed by atoms with Crippen LogP contribution >= 0.6 is 0 Å². The lowest BCUT2D eigenvalue weighted by Crippen LogP contribution is -2.13. The molecule has 0 radical (unpaired) electrons. The van der Waals surface area contributed by atoms with Crippen molar-refractivity contribution < 1.29 is 14.3 Å². The quantitative estimate of drug-likeness (QED) is 0.112. The minimum Gasteiger partial charge on any atom is -0.466 e. The summed E-state index contributed by atoms with van der Waals surface area (Å²) < 4.78 is 7.00. The van der Waals surface area contributed by atoms with Gasteiger partial charge >= 0.3 is 5.97 Å². The van der Waals surface area contributed by atoms with E-state index in [1.807, 2.05) is 32.4 Å². The van der Waals surface area contributed by atoms with Crippen LogP contribution in [0.2, 0.25) is 0 Å². The van der Waals surface area contributed by atoms with Crippen molar-refractivity contribution in [3.8, 4) is 0 Å². The number of carbonyl (C=O) groups is 2. The van der Waals surface area contributed by atoms with Gasteiger partial charge in [-0.25, -0.2) is 0 Å². The van der Waals surface area contributed by atoms with Gasteiger partial charge in [0, 0.05) is 19.2 Å². The molecule has 33 heavy (non-hydrogen) atoms. The molecular formula is C29H51NO3. The summed E-state index contributed by atoms with van der Waals surface area (Å²) in [7, 11) is 1.90. The van der Waals surface area contributed by atoms with Crippen molar-refractivity contribution in [2.45, 2.75) is 137 Å². The van der Waals surface area contributed by atoms with Gasteiger partial charge in [0.15, 0.2) is 5.78 Å². The first-order chi connectivity index (χ1) is 15.9. The van der Waals surface area contributed by atoms with Gasteiger partial charge in [0.25, 0.3) is 0 Å². The maximum Gasteiger partial charge on any atom is 0.311 e. The summed E-state index contributed by atoms with van der Waals surface area (Å²) >= 11 is 0. The van der Waals surface area contributed by atoms with Crippen LogP contribution < -0.4 is 0 Å². The van der Waals surface area contributed by atoms with Crippen molar-refractivity contribution in [3.05, 3.63) is 22.5 Å². The molecule has 0 saturated carbocycles. The van der Waals surface area contributed by atoms with E-state index in [1.165, 1.54) is 83.5 Å². The van der Waals surface area contributed by atoms with Crippen molar-refractivity contribution in [3.63, 3.8) is 0 Å². The molecule has 0 aliphatic rings. The second kappa shape index (κ2) is 17.8. The number of hydrogen-bond donors (Lipinski definition) is 0. The molecule has 0 N–H and O–H groups in total. The lowest BCUT2D eigenvalue weighted by Gasteiger charge is -2.08. The Morgan fingerprint density at radius 1 is 0.697 bits per heavy atom. The normalized spacial score (nSPS) is 11.2. The van der Waals surface area contributed by atoms with Crippen molar-refractivity contribution in [1.29, 1.82) is 0 Å². The van der Waals surface area contributed by atoms with Gasteiger partial charge in [0.2, 0.25) is 0 Å². The van der Waals surface area contributed by atoms with Gasteiger partial charge in [-0.1, -0.05) is 96.8 Å². The van der Waals surface area contributed by atoms with Crippen LogP contribution in [0, 0.1) is 13.8 Å². The third kappa shape index (κ3) is 11.4. The Hall–Kier alpha value is -1.58. The fourth-order valence-electron chi connectivity index (χ4n) is 4.80. The summed E-state index contributed by atoms with van der Waals surface area (Å²) in [6, 6.07) is 0. The molecule has 0 aliphatic heterocycles. The van der Waals surface area contributed by atoms with Gasteiger partial charge in [-0.15, -0.1) is 0 Å². The van der Waals surface area contributed by atoms with Crippen LogP contribution in [0.15, 0.2) is 0 Å². The third-order valence-electron chi connectivity index (χ3n) is 6.98. The average Bonchev–Trinajstić information content (AvgIpc) is 2.99. The number of esters is 1. The van der Waals surface area contributed by atoms with Gasteiger partial charge in [-0.05, 0) is 38.3 Å². The predicted octanol–water partition coefficient (Wildman–Crippen LogP) is 8.19. The Kier molecular flexibility index (Phi) is 15.9. The Morgan fingerprint density at radius 3 is 1.61 bits per heavy atom. The molecule has 190 valence electrons. The third-order valence-corrected chi connectivity index (χ3v) is 6.98. The van der Waals surface area contributed by atoms with Crippen molar-refractivity contribution in [2.24, 2.45) is 7.05 Å². The van der Waals surface area contributed by atoms with Crippen molar-refractivity contribution >= 4 is 11.8 Å². The van der Waals surface area contributed by atoms with E-state index in [4.69, 9.17) is 4.74 Å². The number of rotatable bonds is 20. The van der Waals surface area contributed by atoms with Crippen LogP contribution in [0.1, 0.15) is 144 Å². The van der Waals surface area contributed by atoms with E-state index in [-0.39, 0.29) is 18.2 Å². The molecular weight excluding hydrogens is 410 g/mol. The van der Waals surface area contributed by atoms with E-state index < -0.39 is 0 Å². The highest BCUT2D eigenvalue weighted by Gasteiger charge is 2.22. The number of ketones is 1. The van der Waals surface area contributed by atoms with Gasteiger partial charge < -0.3 is 9.30 Å². The molecule has 0 fully saturated rings. The second-order valence-corrected chi connectivity index (χ2v) is 9.71. The molecule has 0 bridgehead atoms. The Balaban J connectivity index is 2.16. The zero-order valence-corrected chi connectivity index (χ0v) is 22.4. The molecule has 0 saturated heterocycles. The molecule has 0 amide bonds. The second-order valence-electron chi connectivity index (χ2n) is 9.71. The number of unbranched alkanes of at least 4 members (excludes halogenated alkanes) is 14. The van der Waals surface area contributed by atoms with Crippen LogP contribution in [0.25, 0.3) is 0 Å². The SMILES string of the molecule is CCCCCCCCCCCCCCCCCC(=O)c1c(C)c(C)c(CC(=O)OCC)n1C. The molecule has 0 atom stereocenters. The number of Topliss-reactive ketones (excluding diaryl/α,β-unsaturated/α-hetero) is 1. The summed E-state index contributed by atoms with van der Waals surface area (Å²) in [5.41, 5.74) is 3.69. The predicted molar refractivity (Wildman–Crippen MR) is 139 cm³/mol. The molecule has 4 heteroatoms. The minimum atomic E-state index is -0.234. The fourth-order valence-corrected chi connectivity index (χ4v) is 4.80. The Bertz CT molecular complexity index is 690. The molecule has 1 aromatic rings. The first-order valence-electron chi connectivity index (χ1n) is 13.8. The Morgan fingerprint density at radius 2 is 1.15 bits per heavy atom. The van der Waals surface area contributed by atoms with Crippen LogP contribution in [0.5, 0.6) is 0 Å². The molecule has 0 unspecified atom stereocenters. The first-order valence-corrected chi connectivity index (χ1v) is 13.8. The average molecular weight is 462 g/mol. The Labute approximate surface area is 203 Å². The number of nitrogens with zero attached hydrogens (tertiary/aromatic N) is 1. The van der Waals surface area contributed by atoms with Crippen LogP contribution in [-0.2, 0) is 23.0 Å². The summed E-state index contributed by atoms with van der Waals surface area (Å²) in [5.74, 6) is -0.0366. The van der Waals surface area contributed by atoms with Crippen LogP contribution in [-0.4, -0.2) is 22.9 Å². The number of aromatic nitrogens is 1. The zero-order chi connectivity index (χ0) is 24.5. The molecule has 1 aromatic heterocycles. The summed E-state index contributed by atoms with van der Waals surface area (Å²) in [4.78, 5) is 24.8. The monoisotopic (exact) mass is 461 g/mol. The minimum absolute atomic E-state index is 0.197. The highest BCUT2D eigenvalue weighted by molar-refractivity contribution is 5.96. The maximum absolute atomic E-state index is 12.9. The first kappa shape index (κ1) is 29.5. The number of ether oxygens (including phenoxy) is 1. The molecule has 4 nitrogen and oxygen atoms in total. The number of hydrogen-bond acceptors (Lipinski definition) is 3. The van der Waals surface area contributed by atoms with Gasteiger partial charge in [0.05, 0.1) is 18.7 Å². The summed E-state index contributed by atoms with van der Waals surface area (Å²) in [6.45, 7) is 8.45. The van der Waals surface area contributed by atoms with Gasteiger partial charge in [-0.2, -0.15) is 0 Å². The van der Waals surface area contributed by atoms with Gasteiger partial charge in [0.1, 0.15) is 0 Å². The summed E-state index contributed by atoms with van der Waals surface area (Å²) in [5, 5.41) is 0. The van der Waals surface area contributed by atoms with Crippen molar-refractivity contribution in [1.82, 2.24) is 4.57 Å². The highest BCUT2D eigenvalue weighted by atomic mass is 16.5. The van der Waals surface area contributed by atoms with Gasteiger partial charge in [-0.3, -0.25) is 9.59 Å². The lowest BCUT2D eigenvalue weighted by atomic mass is 10.0. The smallest absolute Gasteiger partial charge is 0.311 e. The molecule has 0 spiro atoms. The van der Waals surface area contributed by atoms with E-state index >= 15 is 0 Å². The van der Waals surface area contributed by atoms with E-state index in [1.54, 1.807) is 0 Å².